The van der Waals surface area contributed by atoms with Crippen molar-refractivity contribution in [1.82, 2.24) is 15.5 Å². The Bertz CT molecular complexity index is 1190. The van der Waals surface area contributed by atoms with Gasteiger partial charge in [0.25, 0.3) is 5.89 Å². The number of hydrogen-bond acceptors (Lipinski definition) is 8. The molecule has 33 heavy (non-hydrogen) atoms. The fourth-order valence-electron chi connectivity index (χ4n) is 4.12. The molecule has 1 aromatic heterocycles. The van der Waals surface area contributed by atoms with Crippen LogP contribution in [0.4, 0.5) is 0 Å². The van der Waals surface area contributed by atoms with Gasteiger partial charge < -0.3 is 19.3 Å². The van der Waals surface area contributed by atoms with Gasteiger partial charge >= 0.3 is 0 Å². The molecule has 0 fully saturated rings. The lowest BCUT2D eigenvalue weighted by atomic mass is 9.84. The summed E-state index contributed by atoms with van der Waals surface area (Å²) in [7, 11) is 1.51. The van der Waals surface area contributed by atoms with Crippen LogP contribution >= 0.6 is 0 Å². The highest BCUT2D eigenvalue weighted by molar-refractivity contribution is 5.74. The number of nitrogens with one attached hydrogen (secondary N) is 2. The Morgan fingerprint density at radius 2 is 2.18 bits per heavy atom. The average Bonchev–Trinajstić information content (AvgIpc) is 3.32. The molecule has 1 heterocycles. The minimum absolute atomic E-state index is 0.0272. The second-order valence-corrected chi connectivity index (χ2v) is 8.24. The van der Waals surface area contributed by atoms with Gasteiger partial charge in [-0.2, -0.15) is 10.2 Å². The first-order valence-corrected chi connectivity index (χ1v) is 11.0. The molecule has 2 N–H and O–H groups in total. The maximum absolute atomic E-state index is 9.51. The number of nitrogens with zero attached hydrogens (tertiary/aromatic N) is 3. The van der Waals surface area contributed by atoms with Crippen molar-refractivity contribution < 1.29 is 14.0 Å². The van der Waals surface area contributed by atoms with Crippen molar-refractivity contribution in [1.29, 1.82) is 10.7 Å². The molecule has 1 atom stereocenters. The number of nitriles is 1. The third-order valence-electron chi connectivity index (χ3n) is 5.64. The van der Waals surface area contributed by atoms with Crippen LogP contribution in [-0.2, 0) is 11.2 Å². The maximum Gasteiger partial charge on any atom is 0.258 e. The molecule has 8 nitrogen and oxygen atoms in total. The number of benzene rings is 2. The van der Waals surface area contributed by atoms with Gasteiger partial charge in [0, 0.05) is 17.2 Å². The fourth-order valence-corrected chi connectivity index (χ4v) is 4.12. The summed E-state index contributed by atoms with van der Waals surface area (Å²) < 4.78 is 16.2. The van der Waals surface area contributed by atoms with Crippen molar-refractivity contribution in [3.05, 3.63) is 53.1 Å². The molecule has 0 spiro atoms. The molecule has 0 saturated heterocycles. The van der Waals surface area contributed by atoms with Crippen LogP contribution in [0.15, 0.2) is 40.9 Å². The van der Waals surface area contributed by atoms with E-state index in [-0.39, 0.29) is 18.0 Å². The Morgan fingerprint density at radius 3 is 2.94 bits per heavy atom. The SMILES string of the molecule is COC(=N)CNC1CCCc2c(-c3noc(-c4ccc(OC(C)C)c(C#N)c4)n3)cccc21. The molecule has 4 rings (SSSR count). The first-order chi connectivity index (χ1) is 16.0. The second-order valence-electron chi connectivity index (χ2n) is 8.24. The fraction of sp³-hybridized carbons (Fsp3) is 0.360. The van der Waals surface area contributed by atoms with E-state index in [1.165, 1.54) is 18.2 Å². The summed E-state index contributed by atoms with van der Waals surface area (Å²) in [4.78, 5) is 4.63. The number of fused-ring (bicyclic) bond motifs is 1. The monoisotopic (exact) mass is 445 g/mol. The topological polar surface area (TPSA) is 117 Å². The lowest BCUT2D eigenvalue weighted by Crippen LogP contribution is -2.30. The van der Waals surface area contributed by atoms with Crippen LogP contribution in [0.1, 0.15) is 49.4 Å². The van der Waals surface area contributed by atoms with Gasteiger partial charge in [-0.15, -0.1) is 0 Å². The molecule has 1 aliphatic carbocycles. The van der Waals surface area contributed by atoms with Gasteiger partial charge in [-0.25, -0.2) is 0 Å². The average molecular weight is 446 g/mol. The minimum atomic E-state index is -0.0272. The first-order valence-electron chi connectivity index (χ1n) is 11.0. The van der Waals surface area contributed by atoms with Crippen molar-refractivity contribution >= 4 is 5.90 Å². The molecular weight excluding hydrogens is 418 g/mol. The number of aromatic nitrogens is 2. The third-order valence-corrected chi connectivity index (χ3v) is 5.64. The quantitative estimate of drug-likeness (QED) is 0.401. The van der Waals surface area contributed by atoms with E-state index in [1.54, 1.807) is 12.1 Å². The number of hydrogen-bond donors (Lipinski definition) is 2. The summed E-state index contributed by atoms with van der Waals surface area (Å²) in [5.41, 5.74) is 4.42. The van der Waals surface area contributed by atoms with Crippen LogP contribution in [0.5, 0.6) is 5.75 Å². The van der Waals surface area contributed by atoms with E-state index >= 15 is 0 Å². The van der Waals surface area contributed by atoms with E-state index < -0.39 is 0 Å². The summed E-state index contributed by atoms with van der Waals surface area (Å²) in [6.07, 6.45) is 2.91. The van der Waals surface area contributed by atoms with Gasteiger partial charge in [-0.3, -0.25) is 5.41 Å². The second kappa shape index (κ2) is 9.84. The number of ether oxygens (including phenoxy) is 2. The molecule has 0 amide bonds. The van der Waals surface area contributed by atoms with Gasteiger partial charge in [-0.1, -0.05) is 23.4 Å². The van der Waals surface area contributed by atoms with Crippen molar-refractivity contribution in [3.63, 3.8) is 0 Å². The van der Waals surface area contributed by atoms with Crippen LogP contribution in [0.2, 0.25) is 0 Å². The predicted octanol–water partition coefficient (Wildman–Crippen LogP) is 4.65. The predicted molar refractivity (Wildman–Crippen MR) is 124 cm³/mol. The zero-order valence-corrected chi connectivity index (χ0v) is 19.0. The number of rotatable bonds is 7. The summed E-state index contributed by atoms with van der Waals surface area (Å²) in [6, 6.07) is 13.7. The van der Waals surface area contributed by atoms with Crippen molar-refractivity contribution in [2.75, 3.05) is 13.7 Å². The van der Waals surface area contributed by atoms with Gasteiger partial charge in [-0.05, 0) is 62.4 Å². The van der Waals surface area contributed by atoms with Gasteiger partial charge in [0.2, 0.25) is 5.82 Å². The van der Waals surface area contributed by atoms with Gasteiger partial charge in [0.15, 0.2) is 5.90 Å². The van der Waals surface area contributed by atoms with E-state index in [0.29, 0.717) is 35.1 Å². The molecule has 0 saturated carbocycles. The van der Waals surface area contributed by atoms with Gasteiger partial charge in [0.1, 0.15) is 11.8 Å². The van der Waals surface area contributed by atoms with Crippen molar-refractivity contribution in [3.8, 4) is 34.7 Å². The van der Waals surface area contributed by atoms with E-state index in [0.717, 1.165) is 24.8 Å². The number of methoxy groups -OCH3 is 1. The van der Waals surface area contributed by atoms with Crippen molar-refractivity contribution in [2.24, 2.45) is 0 Å². The summed E-state index contributed by atoms with van der Waals surface area (Å²) in [5, 5.41) is 24.9. The maximum atomic E-state index is 9.51. The summed E-state index contributed by atoms with van der Waals surface area (Å²) in [5.74, 6) is 1.62. The Kier molecular flexibility index (Phi) is 6.71. The Hall–Kier alpha value is -3.70. The van der Waals surface area contributed by atoms with Crippen LogP contribution in [0.25, 0.3) is 22.8 Å². The first kappa shape index (κ1) is 22.5. The molecular formula is C25H27N5O3. The summed E-state index contributed by atoms with van der Waals surface area (Å²) >= 11 is 0. The Balaban J connectivity index is 1.62. The Labute approximate surface area is 193 Å². The summed E-state index contributed by atoms with van der Waals surface area (Å²) in [6.45, 7) is 4.22. The zero-order valence-electron chi connectivity index (χ0n) is 19.0. The molecule has 3 aromatic rings. The molecule has 8 heteroatoms. The van der Waals surface area contributed by atoms with Gasteiger partial charge in [0.05, 0.1) is 25.3 Å². The van der Waals surface area contributed by atoms with E-state index in [1.807, 2.05) is 32.0 Å². The molecule has 0 aliphatic heterocycles. The lowest BCUT2D eigenvalue weighted by molar-refractivity contribution is 0.241. The highest BCUT2D eigenvalue weighted by atomic mass is 16.5. The van der Waals surface area contributed by atoms with E-state index in [2.05, 4.69) is 27.6 Å². The zero-order chi connectivity index (χ0) is 23.4. The van der Waals surface area contributed by atoms with Crippen LogP contribution < -0.4 is 10.1 Å². The molecule has 0 bridgehead atoms. The van der Waals surface area contributed by atoms with Crippen LogP contribution in [0.3, 0.4) is 0 Å². The molecule has 1 aliphatic rings. The van der Waals surface area contributed by atoms with E-state index in [9.17, 15) is 5.26 Å². The largest absolute Gasteiger partial charge is 0.490 e. The highest BCUT2D eigenvalue weighted by Gasteiger charge is 2.24. The van der Waals surface area contributed by atoms with Crippen molar-refractivity contribution in [2.45, 2.75) is 45.3 Å². The molecule has 1 unspecified atom stereocenters. The standard InChI is InChI=1S/C25H27N5O3/c1-15(2)32-22-11-10-16(12-17(22)13-26)25-29-24(30-33-25)20-8-4-7-19-18(20)6-5-9-21(19)28-14-23(27)31-3/h4,7-8,10-12,15,21,27-28H,5-6,9,14H2,1-3H3. The smallest absolute Gasteiger partial charge is 0.258 e. The molecule has 0 radical (unpaired) electrons. The lowest BCUT2D eigenvalue weighted by Gasteiger charge is -2.27. The molecule has 2 aromatic carbocycles. The van der Waals surface area contributed by atoms with E-state index in [4.69, 9.17) is 19.4 Å². The highest BCUT2D eigenvalue weighted by Crippen LogP contribution is 2.36. The minimum Gasteiger partial charge on any atom is -0.490 e. The van der Waals surface area contributed by atoms with Crippen LogP contribution in [0, 0.1) is 16.7 Å². The third kappa shape index (κ3) is 4.89. The molecule has 170 valence electrons. The van der Waals surface area contributed by atoms with Crippen LogP contribution in [-0.4, -0.2) is 35.8 Å². The Morgan fingerprint density at radius 1 is 1.33 bits per heavy atom. The normalized spacial score (nSPS) is 15.1.